The number of hydrogen-bond donors (Lipinski definition) is 1. The molecular weight excluding hydrogens is 255 g/mol. The van der Waals surface area contributed by atoms with Gasteiger partial charge in [0.2, 0.25) is 0 Å². The van der Waals surface area contributed by atoms with Crippen LogP contribution in [0.5, 0.6) is 0 Å². The largest absolute Gasteiger partial charge is 0.433 e. The SMILES string of the molecule is CC(CNc1cccc(C(F)(F)F)n1)N(C)C1CC1. The zero-order chi connectivity index (χ0) is 14.0. The number of anilines is 1. The first-order chi connectivity index (χ1) is 8.88. The van der Waals surface area contributed by atoms with Gasteiger partial charge in [0, 0.05) is 18.6 Å². The number of rotatable bonds is 5. The summed E-state index contributed by atoms with van der Waals surface area (Å²) >= 11 is 0. The van der Waals surface area contributed by atoms with Gasteiger partial charge in [-0.2, -0.15) is 13.2 Å². The minimum atomic E-state index is -4.39. The molecule has 0 radical (unpaired) electrons. The zero-order valence-electron chi connectivity index (χ0n) is 11.0. The van der Waals surface area contributed by atoms with Gasteiger partial charge in [-0.1, -0.05) is 6.07 Å². The minimum Gasteiger partial charge on any atom is -0.368 e. The average Bonchev–Trinajstić information content (AvgIpc) is 3.18. The van der Waals surface area contributed by atoms with Crippen molar-refractivity contribution < 1.29 is 13.2 Å². The molecule has 1 aliphatic rings. The van der Waals surface area contributed by atoms with Crippen molar-refractivity contribution in [3.05, 3.63) is 23.9 Å². The zero-order valence-corrected chi connectivity index (χ0v) is 11.0. The second kappa shape index (κ2) is 5.36. The molecule has 1 saturated carbocycles. The molecular formula is C13H18F3N3. The molecule has 1 aliphatic carbocycles. The maximum Gasteiger partial charge on any atom is 0.433 e. The number of nitrogens with zero attached hydrogens (tertiary/aromatic N) is 2. The molecule has 2 rings (SSSR count). The summed E-state index contributed by atoms with van der Waals surface area (Å²) in [5.41, 5.74) is -0.860. The Morgan fingerprint density at radius 2 is 2.11 bits per heavy atom. The molecule has 1 fully saturated rings. The molecule has 0 aliphatic heterocycles. The summed E-state index contributed by atoms with van der Waals surface area (Å²) in [6, 6.07) is 4.80. The number of hydrogen-bond acceptors (Lipinski definition) is 3. The highest BCUT2D eigenvalue weighted by Gasteiger charge is 2.32. The predicted octanol–water partition coefficient (Wildman–Crippen LogP) is 3.00. The highest BCUT2D eigenvalue weighted by Crippen LogP contribution is 2.28. The van der Waals surface area contributed by atoms with Crippen molar-refractivity contribution in [3.8, 4) is 0 Å². The Morgan fingerprint density at radius 3 is 2.68 bits per heavy atom. The van der Waals surface area contributed by atoms with Crippen LogP contribution in [-0.2, 0) is 6.18 Å². The quantitative estimate of drug-likeness (QED) is 0.894. The van der Waals surface area contributed by atoms with Gasteiger partial charge in [-0.25, -0.2) is 4.98 Å². The topological polar surface area (TPSA) is 28.2 Å². The molecule has 19 heavy (non-hydrogen) atoms. The maximum absolute atomic E-state index is 12.5. The summed E-state index contributed by atoms with van der Waals surface area (Å²) in [7, 11) is 2.05. The fourth-order valence-electron chi connectivity index (χ4n) is 1.93. The van der Waals surface area contributed by atoms with Gasteiger partial charge >= 0.3 is 6.18 Å². The molecule has 0 saturated heterocycles. The van der Waals surface area contributed by atoms with E-state index in [9.17, 15) is 13.2 Å². The number of pyridine rings is 1. The Balaban J connectivity index is 1.92. The maximum atomic E-state index is 12.5. The van der Waals surface area contributed by atoms with Crippen molar-refractivity contribution in [2.45, 2.75) is 38.0 Å². The number of halogens is 3. The van der Waals surface area contributed by atoms with Crippen LogP contribution in [0.1, 0.15) is 25.5 Å². The number of alkyl halides is 3. The van der Waals surface area contributed by atoms with E-state index < -0.39 is 11.9 Å². The lowest BCUT2D eigenvalue weighted by Crippen LogP contribution is -2.36. The van der Waals surface area contributed by atoms with E-state index in [4.69, 9.17) is 0 Å². The smallest absolute Gasteiger partial charge is 0.368 e. The van der Waals surface area contributed by atoms with Gasteiger partial charge in [0.15, 0.2) is 0 Å². The van der Waals surface area contributed by atoms with Gasteiger partial charge in [-0.15, -0.1) is 0 Å². The van der Waals surface area contributed by atoms with E-state index in [0.717, 1.165) is 6.07 Å². The summed E-state index contributed by atoms with van der Waals surface area (Å²) < 4.78 is 37.5. The minimum absolute atomic E-state index is 0.267. The lowest BCUT2D eigenvalue weighted by atomic mass is 10.3. The van der Waals surface area contributed by atoms with E-state index in [0.29, 0.717) is 12.6 Å². The van der Waals surface area contributed by atoms with E-state index >= 15 is 0 Å². The van der Waals surface area contributed by atoms with E-state index in [1.807, 2.05) is 7.05 Å². The van der Waals surface area contributed by atoms with Gasteiger partial charge in [0.1, 0.15) is 11.5 Å². The molecule has 0 bridgehead atoms. The second-order valence-electron chi connectivity index (χ2n) is 5.03. The first-order valence-corrected chi connectivity index (χ1v) is 6.38. The van der Waals surface area contributed by atoms with E-state index in [1.165, 1.54) is 18.9 Å². The van der Waals surface area contributed by atoms with Crippen molar-refractivity contribution in [2.75, 3.05) is 18.9 Å². The third kappa shape index (κ3) is 3.83. The first-order valence-electron chi connectivity index (χ1n) is 6.38. The van der Waals surface area contributed by atoms with Crippen LogP contribution in [0.4, 0.5) is 19.0 Å². The van der Waals surface area contributed by atoms with Crippen molar-refractivity contribution in [3.63, 3.8) is 0 Å². The molecule has 1 unspecified atom stereocenters. The molecule has 0 aromatic carbocycles. The van der Waals surface area contributed by atoms with Crippen LogP contribution in [0, 0.1) is 0 Å². The van der Waals surface area contributed by atoms with Crippen molar-refractivity contribution in [1.82, 2.24) is 9.88 Å². The normalized spacial score (nSPS) is 17.6. The predicted molar refractivity (Wildman–Crippen MR) is 68.0 cm³/mol. The van der Waals surface area contributed by atoms with Gasteiger partial charge in [-0.05, 0) is 38.9 Å². The third-order valence-corrected chi connectivity index (χ3v) is 3.44. The van der Waals surface area contributed by atoms with Crippen LogP contribution in [0.15, 0.2) is 18.2 Å². The summed E-state index contributed by atoms with van der Waals surface area (Å²) in [6.45, 7) is 2.64. The lowest BCUT2D eigenvalue weighted by molar-refractivity contribution is -0.141. The lowest BCUT2D eigenvalue weighted by Gasteiger charge is -2.24. The Morgan fingerprint density at radius 1 is 1.42 bits per heavy atom. The highest BCUT2D eigenvalue weighted by atomic mass is 19.4. The summed E-state index contributed by atoms with van der Waals surface area (Å²) in [6.07, 6.45) is -1.97. The number of nitrogens with one attached hydrogen (secondary N) is 1. The fourth-order valence-corrected chi connectivity index (χ4v) is 1.93. The van der Waals surface area contributed by atoms with Crippen LogP contribution in [0.25, 0.3) is 0 Å². The van der Waals surface area contributed by atoms with Gasteiger partial charge in [0.05, 0.1) is 0 Å². The molecule has 1 atom stereocenters. The van der Waals surface area contributed by atoms with Crippen molar-refractivity contribution >= 4 is 5.82 Å². The van der Waals surface area contributed by atoms with Gasteiger partial charge in [-0.3, -0.25) is 4.90 Å². The van der Waals surface area contributed by atoms with Crippen molar-refractivity contribution in [2.24, 2.45) is 0 Å². The summed E-state index contributed by atoms with van der Waals surface area (Å²) in [5, 5.41) is 2.97. The molecule has 3 nitrogen and oxygen atoms in total. The molecule has 106 valence electrons. The molecule has 0 spiro atoms. The molecule has 1 aromatic rings. The van der Waals surface area contributed by atoms with Crippen molar-refractivity contribution in [1.29, 1.82) is 0 Å². The second-order valence-corrected chi connectivity index (χ2v) is 5.03. The van der Waals surface area contributed by atoms with Gasteiger partial charge in [0.25, 0.3) is 0 Å². The molecule has 1 aromatic heterocycles. The van der Waals surface area contributed by atoms with Crippen LogP contribution >= 0.6 is 0 Å². The van der Waals surface area contributed by atoms with E-state index in [-0.39, 0.29) is 11.9 Å². The number of likely N-dealkylation sites (N-methyl/N-ethyl adjacent to an activating group) is 1. The van der Waals surface area contributed by atoms with Gasteiger partial charge < -0.3 is 5.32 Å². The Hall–Kier alpha value is -1.30. The first kappa shape index (κ1) is 14.1. The fraction of sp³-hybridized carbons (Fsp3) is 0.615. The molecule has 6 heteroatoms. The van der Waals surface area contributed by atoms with Crippen LogP contribution in [-0.4, -0.2) is 35.6 Å². The Kier molecular flexibility index (Phi) is 3.99. The highest BCUT2D eigenvalue weighted by molar-refractivity contribution is 5.36. The monoisotopic (exact) mass is 273 g/mol. The molecule has 0 amide bonds. The average molecular weight is 273 g/mol. The van der Waals surface area contributed by atoms with Crippen LogP contribution in [0.2, 0.25) is 0 Å². The Bertz CT molecular complexity index is 429. The van der Waals surface area contributed by atoms with Crippen LogP contribution < -0.4 is 5.32 Å². The Labute approximate surface area is 110 Å². The summed E-state index contributed by atoms with van der Waals surface area (Å²) in [5.74, 6) is 0.269. The van der Waals surface area contributed by atoms with E-state index in [1.54, 1.807) is 6.07 Å². The number of aromatic nitrogens is 1. The summed E-state index contributed by atoms with van der Waals surface area (Å²) in [4.78, 5) is 5.83. The van der Waals surface area contributed by atoms with E-state index in [2.05, 4.69) is 22.1 Å². The standard InChI is InChI=1S/C13H18F3N3/c1-9(19(2)10-6-7-10)8-17-12-5-3-4-11(18-12)13(14,15)16/h3-5,9-10H,6-8H2,1-2H3,(H,17,18). The molecule has 1 N–H and O–H groups in total. The molecule has 1 heterocycles. The van der Waals surface area contributed by atoms with Crippen LogP contribution in [0.3, 0.4) is 0 Å². The third-order valence-electron chi connectivity index (χ3n) is 3.44.